The van der Waals surface area contributed by atoms with Crippen molar-refractivity contribution in [2.24, 2.45) is 0 Å². The van der Waals surface area contributed by atoms with Gasteiger partial charge in [0.25, 0.3) is 11.7 Å². The second-order valence-electron chi connectivity index (χ2n) is 7.56. The van der Waals surface area contributed by atoms with Crippen molar-refractivity contribution in [1.82, 2.24) is 30.6 Å². The number of ether oxygens (including phenoxy) is 2. The summed E-state index contributed by atoms with van der Waals surface area (Å²) in [6.45, 7) is 0.709. The number of nitrogens with zero attached hydrogens (tertiary/aromatic N) is 5. The monoisotopic (exact) mass is 450 g/mol. The molecule has 0 aliphatic heterocycles. The van der Waals surface area contributed by atoms with Crippen molar-refractivity contribution < 1.29 is 13.9 Å². The maximum absolute atomic E-state index is 5.96. The zero-order chi connectivity index (χ0) is 22.7. The number of aromatic amines is 1. The van der Waals surface area contributed by atoms with Gasteiger partial charge in [0.2, 0.25) is 0 Å². The van der Waals surface area contributed by atoms with Crippen molar-refractivity contribution in [1.29, 1.82) is 0 Å². The molecule has 0 fully saturated rings. The van der Waals surface area contributed by atoms with E-state index in [0.717, 1.165) is 27.9 Å². The summed E-state index contributed by atoms with van der Waals surface area (Å²) in [4.78, 5) is 9.05. The smallest absolute Gasteiger partial charge is 0.269 e. The first-order valence-electron chi connectivity index (χ1n) is 10.6. The fourth-order valence-corrected chi connectivity index (χ4v) is 3.61. The van der Waals surface area contributed by atoms with Gasteiger partial charge in [0.05, 0.1) is 11.2 Å². The topological polar surface area (TPSA) is 112 Å². The van der Waals surface area contributed by atoms with Gasteiger partial charge in [-0.1, -0.05) is 36.4 Å². The van der Waals surface area contributed by atoms with Crippen molar-refractivity contribution in [3.05, 3.63) is 90.1 Å². The first-order chi connectivity index (χ1) is 16.8. The van der Waals surface area contributed by atoms with E-state index in [0.29, 0.717) is 41.8 Å². The van der Waals surface area contributed by atoms with Crippen LogP contribution in [0, 0.1) is 0 Å². The number of benzene rings is 3. The minimum Gasteiger partial charge on any atom is -0.489 e. The lowest BCUT2D eigenvalue weighted by Gasteiger charge is -2.09. The number of pyridine rings is 1. The molecule has 0 bridgehead atoms. The minimum atomic E-state index is 0.303. The number of H-pyrrole nitrogens is 1. The number of aromatic nitrogens is 6. The molecule has 166 valence electrons. The predicted octanol–water partition coefficient (Wildman–Crippen LogP) is 4.71. The molecular weight excluding hydrogens is 432 g/mol. The molecule has 6 aromatic rings. The fourth-order valence-electron chi connectivity index (χ4n) is 3.61. The Hall–Kier alpha value is -4.79. The van der Waals surface area contributed by atoms with Gasteiger partial charge in [-0.05, 0) is 47.7 Å². The van der Waals surface area contributed by atoms with Crippen molar-refractivity contribution in [2.75, 3.05) is 0 Å². The molecule has 0 atom stereocenters. The van der Waals surface area contributed by atoms with Crippen LogP contribution in [0.5, 0.6) is 11.5 Å². The molecule has 0 aliphatic carbocycles. The molecule has 9 heteroatoms. The van der Waals surface area contributed by atoms with Crippen LogP contribution in [0.1, 0.15) is 11.3 Å². The van der Waals surface area contributed by atoms with E-state index >= 15 is 0 Å². The number of hydrogen-bond donors (Lipinski definition) is 1. The maximum atomic E-state index is 5.96. The van der Waals surface area contributed by atoms with Gasteiger partial charge in [-0.15, -0.1) is 10.2 Å². The Labute approximate surface area is 193 Å². The van der Waals surface area contributed by atoms with Crippen LogP contribution in [0.4, 0.5) is 0 Å². The molecule has 9 nitrogen and oxygen atoms in total. The molecule has 0 spiro atoms. The Morgan fingerprint density at radius 1 is 0.735 bits per heavy atom. The van der Waals surface area contributed by atoms with E-state index in [-0.39, 0.29) is 0 Å². The van der Waals surface area contributed by atoms with Crippen LogP contribution in [-0.2, 0) is 13.2 Å². The van der Waals surface area contributed by atoms with Gasteiger partial charge in [0.1, 0.15) is 30.2 Å². The van der Waals surface area contributed by atoms with E-state index in [1.165, 1.54) is 0 Å². The standard InChI is InChI=1S/C25H18N6O3/c1-2-6-21-16(4-1)8-9-18(26-21)15-33-20-12-10-19(11-13-20)32-14-17-5-3-7-22-23(17)34-25(27-22)24-28-30-31-29-24/h1-13H,14-15H2,(H,28,29,30,31). The van der Waals surface area contributed by atoms with E-state index in [2.05, 4.69) is 36.7 Å². The third-order valence-electron chi connectivity index (χ3n) is 5.29. The lowest BCUT2D eigenvalue weighted by molar-refractivity contribution is 0.295. The number of rotatable bonds is 7. The molecule has 3 aromatic carbocycles. The summed E-state index contributed by atoms with van der Waals surface area (Å²) >= 11 is 0. The number of tetrazole rings is 1. The second kappa shape index (κ2) is 8.62. The third kappa shape index (κ3) is 4.02. The summed E-state index contributed by atoms with van der Waals surface area (Å²) in [5, 5.41) is 14.9. The summed E-state index contributed by atoms with van der Waals surface area (Å²) in [6.07, 6.45) is 0. The molecule has 6 rings (SSSR count). The van der Waals surface area contributed by atoms with Crippen molar-refractivity contribution in [3.8, 4) is 23.2 Å². The Bertz CT molecular complexity index is 1560. The zero-order valence-corrected chi connectivity index (χ0v) is 17.9. The normalized spacial score (nSPS) is 11.2. The van der Waals surface area contributed by atoms with Gasteiger partial charge < -0.3 is 13.9 Å². The van der Waals surface area contributed by atoms with E-state index in [9.17, 15) is 0 Å². The number of hydrogen-bond acceptors (Lipinski definition) is 8. The van der Waals surface area contributed by atoms with Crippen molar-refractivity contribution in [2.45, 2.75) is 13.2 Å². The van der Waals surface area contributed by atoms with Gasteiger partial charge in [0.15, 0.2) is 5.58 Å². The van der Waals surface area contributed by atoms with E-state index in [1.54, 1.807) is 0 Å². The Morgan fingerprint density at radius 3 is 2.35 bits per heavy atom. The molecule has 0 saturated heterocycles. The molecule has 3 aromatic heterocycles. The molecule has 1 N–H and O–H groups in total. The summed E-state index contributed by atoms with van der Waals surface area (Å²) in [5.74, 6) is 2.06. The molecular formula is C25H18N6O3. The van der Waals surface area contributed by atoms with Crippen LogP contribution in [0.25, 0.3) is 33.7 Å². The molecule has 0 saturated carbocycles. The van der Waals surface area contributed by atoms with Gasteiger partial charge in [-0.2, -0.15) is 5.21 Å². The van der Waals surface area contributed by atoms with Crippen LogP contribution in [0.3, 0.4) is 0 Å². The van der Waals surface area contributed by atoms with Crippen LogP contribution < -0.4 is 9.47 Å². The fraction of sp³-hybridized carbons (Fsp3) is 0.0800. The van der Waals surface area contributed by atoms with Gasteiger partial charge >= 0.3 is 0 Å². The summed E-state index contributed by atoms with van der Waals surface area (Å²) in [7, 11) is 0. The quantitative estimate of drug-likeness (QED) is 0.372. The number of fused-ring (bicyclic) bond motifs is 2. The highest BCUT2D eigenvalue weighted by Gasteiger charge is 2.15. The van der Waals surface area contributed by atoms with E-state index in [4.69, 9.17) is 13.9 Å². The third-order valence-corrected chi connectivity index (χ3v) is 5.29. The van der Waals surface area contributed by atoms with E-state index < -0.39 is 0 Å². The highest BCUT2D eigenvalue weighted by Crippen LogP contribution is 2.26. The molecule has 0 amide bonds. The first-order valence-corrected chi connectivity index (χ1v) is 10.6. The molecule has 3 heterocycles. The van der Waals surface area contributed by atoms with Crippen molar-refractivity contribution >= 4 is 22.0 Å². The van der Waals surface area contributed by atoms with Crippen LogP contribution in [0.2, 0.25) is 0 Å². The minimum absolute atomic E-state index is 0.303. The molecule has 34 heavy (non-hydrogen) atoms. The Kier molecular flexibility index (Phi) is 5.04. The molecule has 0 radical (unpaired) electrons. The van der Waals surface area contributed by atoms with Crippen LogP contribution in [0.15, 0.2) is 83.3 Å². The predicted molar refractivity (Wildman–Crippen MR) is 124 cm³/mol. The Morgan fingerprint density at radius 2 is 1.53 bits per heavy atom. The second-order valence-corrected chi connectivity index (χ2v) is 7.56. The molecule has 0 unspecified atom stereocenters. The molecule has 0 aliphatic rings. The summed E-state index contributed by atoms with van der Waals surface area (Å²) in [6, 6.07) is 25.2. The number of oxazole rings is 1. The maximum Gasteiger partial charge on any atom is 0.269 e. The van der Waals surface area contributed by atoms with Crippen LogP contribution in [-0.4, -0.2) is 30.6 Å². The summed E-state index contributed by atoms with van der Waals surface area (Å²) < 4.78 is 17.7. The van der Waals surface area contributed by atoms with Gasteiger partial charge in [-0.25, -0.2) is 9.97 Å². The van der Waals surface area contributed by atoms with Gasteiger partial charge in [0, 0.05) is 10.9 Å². The average Bonchev–Trinajstić information content (AvgIpc) is 3.57. The first kappa shape index (κ1) is 19.9. The number of nitrogens with one attached hydrogen (secondary N) is 1. The van der Waals surface area contributed by atoms with Gasteiger partial charge in [-0.3, -0.25) is 0 Å². The van der Waals surface area contributed by atoms with E-state index in [1.807, 2.05) is 72.8 Å². The van der Waals surface area contributed by atoms with Crippen LogP contribution >= 0.6 is 0 Å². The summed E-state index contributed by atoms with van der Waals surface area (Å²) in [5.41, 5.74) is 4.03. The number of para-hydroxylation sites is 2. The lowest BCUT2D eigenvalue weighted by atomic mass is 10.2. The Balaban J connectivity index is 1.11. The highest BCUT2D eigenvalue weighted by atomic mass is 16.5. The average molecular weight is 450 g/mol. The highest BCUT2D eigenvalue weighted by molar-refractivity contribution is 5.79. The largest absolute Gasteiger partial charge is 0.489 e. The lowest BCUT2D eigenvalue weighted by Crippen LogP contribution is -1.99. The SMILES string of the molecule is c1ccc2nc(COc3ccc(OCc4cccc5nc(-c6nn[nH]n6)oc45)cc3)ccc2c1. The zero-order valence-electron chi connectivity index (χ0n) is 17.9. The van der Waals surface area contributed by atoms with Crippen molar-refractivity contribution in [3.63, 3.8) is 0 Å².